The van der Waals surface area contributed by atoms with E-state index in [9.17, 15) is 4.39 Å². The molecule has 0 aliphatic heterocycles. The molecular weight excluding hydrogens is 303 g/mol. The predicted molar refractivity (Wildman–Crippen MR) is 75.3 cm³/mol. The van der Waals surface area contributed by atoms with Gasteiger partial charge in [-0.05, 0) is 46.2 Å². The zero-order valence-electron chi connectivity index (χ0n) is 9.89. The number of rotatable bonds is 5. The number of nitrogens with one attached hydrogen (secondary N) is 1. The first kappa shape index (κ1) is 14.5. The fourth-order valence-electron chi connectivity index (χ4n) is 1.26. The van der Waals surface area contributed by atoms with Crippen LogP contribution in [0.4, 0.5) is 4.39 Å². The highest BCUT2D eigenvalue weighted by Crippen LogP contribution is 2.30. The summed E-state index contributed by atoms with van der Waals surface area (Å²) in [5, 5.41) is 7.31. The molecule has 0 saturated carbocycles. The molecule has 0 aromatic heterocycles. The Hall–Kier alpha value is -0.550. The number of benzene rings is 1. The number of nitrogen functional groups attached to an aromatic ring is 1. The summed E-state index contributed by atoms with van der Waals surface area (Å²) in [5.41, 5.74) is 5.75. The molecule has 1 aromatic carbocycles. The minimum atomic E-state index is -0.327. The fraction of sp³-hybridized carbons (Fsp3) is 0.417. The summed E-state index contributed by atoms with van der Waals surface area (Å²) in [6, 6.07) is 3.36. The first-order valence-corrected chi connectivity index (χ1v) is 7.16. The Labute approximate surface area is 114 Å². The van der Waals surface area contributed by atoms with Gasteiger partial charge < -0.3 is 5.73 Å². The smallest absolute Gasteiger partial charge is 0.151 e. The van der Waals surface area contributed by atoms with Gasteiger partial charge in [-0.3, -0.25) is 5.41 Å². The number of hydrogen-bond donors (Lipinski definition) is 2. The first-order chi connectivity index (χ1) is 7.93. The minimum absolute atomic E-state index is 0.130. The lowest BCUT2D eigenvalue weighted by Gasteiger charge is -2.09. The van der Waals surface area contributed by atoms with Gasteiger partial charge in [0.25, 0.3) is 0 Å². The van der Waals surface area contributed by atoms with E-state index in [-0.39, 0.29) is 16.1 Å². The highest BCUT2D eigenvalue weighted by atomic mass is 79.9. The van der Waals surface area contributed by atoms with Gasteiger partial charge in [-0.1, -0.05) is 13.8 Å². The van der Waals surface area contributed by atoms with Crippen molar-refractivity contribution < 1.29 is 4.39 Å². The van der Waals surface area contributed by atoms with E-state index in [1.165, 1.54) is 11.8 Å². The molecule has 0 saturated heterocycles. The van der Waals surface area contributed by atoms with Crippen LogP contribution in [0.15, 0.2) is 21.5 Å². The third-order valence-corrected chi connectivity index (χ3v) is 4.13. The Balaban J connectivity index is 2.82. The molecule has 0 amide bonds. The molecule has 0 unspecified atom stereocenters. The number of nitrogens with two attached hydrogens (primary N) is 1. The number of amidine groups is 1. The lowest BCUT2D eigenvalue weighted by atomic mass is 10.2. The lowest BCUT2D eigenvalue weighted by molar-refractivity contribution is 0.593. The third kappa shape index (κ3) is 4.00. The van der Waals surface area contributed by atoms with Crippen LogP contribution in [0.25, 0.3) is 0 Å². The molecule has 1 rings (SSSR count). The Morgan fingerprint density at radius 2 is 2.18 bits per heavy atom. The maximum absolute atomic E-state index is 13.9. The van der Waals surface area contributed by atoms with Crippen molar-refractivity contribution in [1.29, 1.82) is 5.41 Å². The summed E-state index contributed by atoms with van der Waals surface area (Å²) in [6.07, 6.45) is 1.05. The summed E-state index contributed by atoms with van der Waals surface area (Å²) < 4.78 is 14.2. The SMILES string of the molecule is CC(C)CCSc1ccc(C(=N)N)c(Br)c1F. The molecule has 0 atom stereocenters. The van der Waals surface area contributed by atoms with Crippen molar-refractivity contribution in [2.75, 3.05) is 5.75 Å². The summed E-state index contributed by atoms with van der Waals surface area (Å²) in [6.45, 7) is 4.29. The van der Waals surface area contributed by atoms with Crippen LogP contribution in [0.1, 0.15) is 25.8 Å². The van der Waals surface area contributed by atoms with Gasteiger partial charge in [0.05, 0.1) is 4.47 Å². The topological polar surface area (TPSA) is 49.9 Å². The molecule has 5 heteroatoms. The average molecular weight is 319 g/mol. The lowest BCUT2D eigenvalue weighted by Crippen LogP contribution is -2.12. The van der Waals surface area contributed by atoms with Crippen molar-refractivity contribution in [3.8, 4) is 0 Å². The number of halogens is 2. The minimum Gasteiger partial charge on any atom is -0.384 e. The quantitative estimate of drug-likeness (QED) is 0.489. The van der Waals surface area contributed by atoms with E-state index in [1.54, 1.807) is 12.1 Å². The highest BCUT2D eigenvalue weighted by molar-refractivity contribution is 9.10. The summed E-state index contributed by atoms with van der Waals surface area (Å²) >= 11 is 4.64. The van der Waals surface area contributed by atoms with Gasteiger partial charge >= 0.3 is 0 Å². The van der Waals surface area contributed by atoms with Crippen LogP contribution in [0.3, 0.4) is 0 Å². The van der Waals surface area contributed by atoms with Crippen LogP contribution >= 0.6 is 27.7 Å². The van der Waals surface area contributed by atoms with E-state index in [4.69, 9.17) is 11.1 Å². The maximum atomic E-state index is 13.9. The van der Waals surface area contributed by atoms with Crippen LogP contribution in [-0.2, 0) is 0 Å². The molecule has 0 bridgehead atoms. The van der Waals surface area contributed by atoms with Crippen molar-refractivity contribution in [3.63, 3.8) is 0 Å². The summed E-state index contributed by atoms with van der Waals surface area (Å²) in [5.74, 6) is 1.05. The molecular formula is C12H16BrFN2S. The van der Waals surface area contributed by atoms with Crippen LogP contribution in [0.2, 0.25) is 0 Å². The second-order valence-corrected chi connectivity index (χ2v) is 6.11. The number of hydrogen-bond acceptors (Lipinski definition) is 2. The van der Waals surface area contributed by atoms with Gasteiger partial charge in [-0.25, -0.2) is 4.39 Å². The van der Waals surface area contributed by atoms with E-state index < -0.39 is 0 Å². The van der Waals surface area contributed by atoms with Gasteiger partial charge in [0.15, 0.2) is 5.82 Å². The van der Waals surface area contributed by atoms with Gasteiger partial charge in [-0.2, -0.15) is 0 Å². The first-order valence-electron chi connectivity index (χ1n) is 5.38. The van der Waals surface area contributed by atoms with E-state index in [1.807, 2.05) is 0 Å². The largest absolute Gasteiger partial charge is 0.384 e. The Morgan fingerprint density at radius 1 is 1.53 bits per heavy atom. The normalized spacial score (nSPS) is 10.9. The van der Waals surface area contributed by atoms with Crippen LogP contribution in [0, 0.1) is 17.1 Å². The second kappa shape index (κ2) is 6.40. The second-order valence-electron chi connectivity index (χ2n) is 4.18. The molecule has 0 fully saturated rings. The zero-order valence-corrected chi connectivity index (χ0v) is 12.3. The van der Waals surface area contributed by atoms with Crippen molar-refractivity contribution in [1.82, 2.24) is 0 Å². The molecule has 17 heavy (non-hydrogen) atoms. The number of thioether (sulfide) groups is 1. The van der Waals surface area contributed by atoms with E-state index in [2.05, 4.69) is 29.8 Å². The Morgan fingerprint density at radius 3 is 2.71 bits per heavy atom. The molecule has 1 aromatic rings. The molecule has 94 valence electrons. The molecule has 3 N–H and O–H groups in total. The Kier molecular flexibility index (Phi) is 5.46. The van der Waals surface area contributed by atoms with Gasteiger partial charge in [0.2, 0.25) is 0 Å². The molecule has 0 heterocycles. The van der Waals surface area contributed by atoms with Crippen molar-refractivity contribution >= 4 is 33.5 Å². The molecule has 0 spiro atoms. The van der Waals surface area contributed by atoms with Crippen LogP contribution in [-0.4, -0.2) is 11.6 Å². The molecule has 0 radical (unpaired) electrons. The molecule has 2 nitrogen and oxygen atoms in total. The monoisotopic (exact) mass is 318 g/mol. The zero-order chi connectivity index (χ0) is 13.0. The predicted octanol–water partition coefficient (Wildman–Crippen LogP) is 4.01. The van der Waals surface area contributed by atoms with Crippen molar-refractivity contribution in [2.45, 2.75) is 25.2 Å². The summed E-state index contributed by atoms with van der Waals surface area (Å²) in [7, 11) is 0. The van der Waals surface area contributed by atoms with Crippen molar-refractivity contribution in [3.05, 3.63) is 28.0 Å². The van der Waals surface area contributed by atoms with E-state index >= 15 is 0 Å². The Bertz CT molecular complexity index is 421. The fourth-order valence-corrected chi connectivity index (χ4v) is 3.15. The van der Waals surface area contributed by atoms with Gasteiger partial charge in [0.1, 0.15) is 5.84 Å². The van der Waals surface area contributed by atoms with Crippen LogP contribution < -0.4 is 5.73 Å². The van der Waals surface area contributed by atoms with Crippen LogP contribution in [0.5, 0.6) is 0 Å². The van der Waals surface area contributed by atoms with E-state index in [0.29, 0.717) is 16.4 Å². The molecule has 0 aliphatic rings. The highest BCUT2D eigenvalue weighted by Gasteiger charge is 2.13. The molecule has 0 aliphatic carbocycles. The standard InChI is InChI=1S/C12H16BrFN2S/c1-7(2)5-6-17-9-4-3-8(12(15)16)10(13)11(9)14/h3-4,7H,5-6H2,1-2H3,(H3,15,16). The summed E-state index contributed by atoms with van der Waals surface area (Å²) in [4.78, 5) is 0.600. The maximum Gasteiger partial charge on any atom is 0.151 e. The average Bonchev–Trinajstić information content (AvgIpc) is 2.23. The van der Waals surface area contributed by atoms with E-state index in [0.717, 1.165) is 12.2 Å². The van der Waals surface area contributed by atoms with Crippen molar-refractivity contribution in [2.24, 2.45) is 11.7 Å². The van der Waals surface area contributed by atoms with Gasteiger partial charge in [0, 0.05) is 10.5 Å². The van der Waals surface area contributed by atoms with Gasteiger partial charge in [-0.15, -0.1) is 11.8 Å². The third-order valence-electron chi connectivity index (χ3n) is 2.29.